The molecule has 0 bridgehead atoms. The Morgan fingerprint density at radius 1 is 1.21 bits per heavy atom. The molecule has 0 fully saturated rings. The van der Waals surface area contributed by atoms with E-state index in [0.717, 1.165) is 36.4 Å². The summed E-state index contributed by atoms with van der Waals surface area (Å²) in [6.45, 7) is 11.8. The number of rotatable bonds is 7. The molecule has 2 N–H and O–H groups in total. The second kappa shape index (κ2) is 7.51. The maximum Gasteiger partial charge on any atom is 0.125 e. The Balaban J connectivity index is 2.79. The van der Waals surface area contributed by atoms with Crippen molar-refractivity contribution in [3.05, 3.63) is 28.8 Å². The Morgan fingerprint density at radius 2 is 1.79 bits per heavy atom. The molecule has 0 heterocycles. The molecule has 2 atom stereocenters. The summed E-state index contributed by atoms with van der Waals surface area (Å²) >= 11 is 0. The van der Waals surface area contributed by atoms with Gasteiger partial charge in [-0.15, -0.1) is 0 Å². The molecule has 0 aliphatic rings. The van der Waals surface area contributed by atoms with Crippen LogP contribution in [0, 0.1) is 13.8 Å². The summed E-state index contributed by atoms with van der Waals surface area (Å²) in [6.07, 6.45) is 0.483. The molecule has 2 unspecified atom stereocenters. The first-order valence-electron chi connectivity index (χ1n) is 7.11. The highest BCUT2D eigenvalue weighted by Gasteiger charge is 2.14. The van der Waals surface area contributed by atoms with Gasteiger partial charge in [0.25, 0.3) is 0 Å². The van der Waals surface area contributed by atoms with Crippen LogP contribution in [0.5, 0.6) is 5.75 Å². The lowest BCUT2D eigenvalue weighted by molar-refractivity contribution is 0.0595. The maximum absolute atomic E-state index is 9.53. The van der Waals surface area contributed by atoms with Crippen LogP contribution < -0.4 is 10.1 Å². The molecule has 0 aromatic heterocycles. The van der Waals surface area contributed by atoms with E-state index in [1.807, 2.05) is 6.92 Å². The summed E-state index contributed by atoms with van der Waals surface area (Å²) in [5, 5.41) is 12.9. The van der Waals surface area contributed by atoms with Gasteiger partial charge in [0.15, 0.2) is 0 Å². The molecule has 0 aliphatic carbocycles. The van der Waals surface area contributed by atoms with Gasteiger partial charge in [-0.05, 0) is 57.4 Å². The second-order valence-corrected chi connectivity index (χ2v) is 5.30. The zero-order valence-corrected chi connectivity index (χ0v) is 12.8. The van der Waals surface area contributed by atoms with Crippen molar-refractivity contribution in [3.63, 3.8) is 0 Å². The molecular formula is C16H27NO2. The van der Waals surface area contributed by atoms with Gasteiger partial charge in [-0.25, -0.2) is 0 Å². The van der Waals surface area contributed by atoms with Gasteiger partial charge in [0, 0.05) is 6.54 Å². The number of benzene rings is 1. The fourth-order valence-electron chi connectivity index (χ4n) is 2.02. The topological polar surface area (TPSA) is 41.5 Å². The Kier molecular flexibility index (Phi) is 6.32. The lowest BCUT2D eigenvalue weighted by Gasteiger charge is -2.21. The van der Waals surface area contributed by atoms with E-state index < -0.39 is 6.10 Å². The first kappa shape index (κ1) is 16.0. The third-order valence-corrected chi connectivity index (χ3v) is 3.26. The zero-order valence-electron chi connectivity index (χ0n) is 12.8. The van der Waals surface area contributed by atoms with Gasteiger partial charge in [-0.2, -0.15) is 0 Å². The van der Waals surface area contributed by atoms with Crippen molar-refractivity contribution in [1.29, 1.82) is 0 Å². The number of hydrogen-bond donors (Lipinski definition) is 2. The lowest BCUT2D eigenvalue weighted by atomic mass is 10.1. The first-order chi connectivity index (χ1) is 8.95. The third kappa shape index (κ3) is 4.84. The van der Waals surface area contributed by atoms with Crippen LogP contribution in [-0.4, -0.2) is 23.9 Å². The molecule has 0 spiro atoms. The summed E-state index contributed by atoms with van der Waals surface area (Å²) < 4.78 is 5.85. The SMILES string of the molecule is CCCNCc1cc(C)c(OC(C)C(C)O)c(C)c1. The van der Waals surface area contributed by atoms with E-state index in [-0.39, 0.29) is 6.10 Å². The van der Waals surface area contributed by atoms with Gasteiger partial charge in [0.05, 0.1) is 6.10 Å². The predicted molar refractivity (Wildman–Crippen MR) is 79.7 cm³/mol. The summed E-state index contributed by atoms with van der Waals surface area (Å²) in [6, 6.07) is 4.31. The highest BCUT2D eigenvalue weighted by molar-refractivity contribution is 5.43. The molecule has 0 aliphatic heterocycles. The number of aliphatic hydroxyl groups excluding tert-OH is 1. The van der Waals surface area contributed by atoms with Gasteiger partial charge in [-0.1, -0.05) is 19.1 Å². The second-order valence-electron chi connectivity index (χ2n) is 5.30. The number of ether oxygens (including phenoxy) is 1. The van der Waals surface area contributed by atoms with Crippen LogP contribution >= 0.6 is 0 Å². The van der Waals surface area contributed by atoms with Crippen molar-refractivity contribution in [1.82, 2.24) is 5.32 Å². The van der Waals surface area contributed by atoms with Gasteiger partial charge < -0.3 is 15.2 Å². The van der Waals surface area contributed by atoms with Gasteiger partial charge in [-0.3, -0.25) is 0 Å². The van der Waals surface area contributed by atoms with E-state index in [2.05, 4.69) is 38.2 Å². The molecule has 0 radical (unpaired) electrons. The van der Waals surface area contributed by atoms with Gasteiger partial charge >= 0.3 is 0 Å². The summed E-state index contributed by atoms with van der Waals surface area (Å²) in [5.41, 5.74) is 3.53. The van der Waals surface area contributed by atoms with Crippen LogP contribution in [0.1, 0.15) is 43.9 Å². The van der Waals surface area contributed by atoms with Crippen LogP contribution in [-0.2, 0) is 6.54 Å². The molecule has 19 heavy (non-hydrogen) atoms. The van der Waals surface area contributed by atoms with E-state index in [0.29, 0.717) is 0 Å². The van der Waals surface area contributed by atoms with Crippen LogP contribution in [0.3, 0.4) is 0 Å². The van der Waals surface area contributed by atoms with E-state index in [4.69, 9.17) is 4.74 Å². The Morgan fingerprint density at radius 3 is 2.26 bits per heavy atom. The van der Waals surface area contributed by atoms with Crippen LogP contribution in [0.15, 0.2) is 12.1 Å². The summed E-state index contributed by atoms with van der Waals surface area (Å²) in [4.78, 5) is 0. The maximum atomic E-state index is 9.53. The molecule has 0 saturated carbocycles. The van der Waals surface area contributed by atoms with Crippen molar-refractivity contribution < 1.29 is 9.84 Å². The fraction of sp³-hybridized carbons (Fsp3) is 0.625. The molecule has 1 rings (SSSR count). The molecule has 1 aromatic carbocycles. The molecule has 0 saturated heterocycles. The van der Waals surface area contributed by atoms with E-state index in [1.54, 1.807) is 6.92 Å². The average Bonchev–Trinajstić information content (AvgIpc) is 2.33. The highest BCUT2D eigenvalue weighted by Crippen LogP contribution is 2.26. The first-order valence-corrected chi connectivity index (χ1v) is 7.11. The van der Waals surface area contributed by atoms with Crippen molar-refractivity contribution >= 4 is 0 Å². The minimum absolute atomic E-state index is 0.193. The molecule has 3 nitrogen and oxygen atoms in total. The standard InChI is InChI=1S/C16H27NO2/c1-6-7-17-10-15-8-11(2)16(12(3)9-15)19-14(5)13(4)18/h8-9,13-14,17-18H,6-7,10H2,1-5H3. The van der Waals surface area contributed by atoms with Crippen LogP contribution in [0.2, 0.25) is 0 Å². The molecular weight excluding hydrogens is 238 g/mol. The Hall–Kier alpha value is -1.06. The minimum atomic E-state index is -0.468. The number of aryl methyl sites for hydroxylation is 2. The van der Waals surface area contributed by atoms with E-state index in [1.165, 1.54) is 5.56 Å². The summed E-state index contributed by atoms with van der Waals surface area (Å²) in [5.74, 6) is 0.896. The smallest absolute Gasteiger partial charge is 0.125 e. The van der Waals surface area contributed by atoms with Gasteiger partial charge in [0.2, 0.25) is 0 Å². The fourth-order valence-corrected chi connectivity index (χ4v) is 2.02. The zero-order chi connectivity index (χ0) is 14.4. The Bertz CT molecular complexity index is 379. The normalized spacial score (nSPS) is 14.2. The Labute approximate surface area is 117 Å². The third-order valence-electron chi connectivity index (χ3n) is 3.26. The largest absolute Gasteiger partial charge is 0.487 e. The number of hydrogen-bond acceptors (Lipinski definition) is 3. The van der Waals surface area contributed by atoms with E-state index in [9.17, 15) is 5.11 Å². The van der Waals surface area contributed by atoms with Crippen LogP contribution in [0.25, 0.3) is 0 Å². The van der Waals surface area contributed by atoms with Crippen LogP contribution in [0.4, 0.5) is 0 Å². The average molecular weight is 265 g/mol. The molecule has 3 heteroatoms. The van der Waals surface area contributed by atoms with E-state index >= 15 is 0 Å². The van der Waals surface area contributed by atoms with Crippen molar-refractivity contribution in [3.8, 4) is 5.75 Å². The number of nitrogens with one attached hydrogen (secondary N) is 1. The monoisotopic (exact) mass is 265 g/mol. The highest BCUT2D eigenvalue weighted by atomic mass is 16.5. The predicted octanol–water partition coefficient (Wildman–Crippen LogP) is 2.95. The van der Waals surface area contributed by atoms with Crippen molar-refractivity contribution in [2.75, 3.05) is 6.54 Å². The molecule has 108 valence electrons. The minimum Gasteiger partial charge on any atom is -0.487 e. The lowest BCUT2D eigenvalue weighted by Crippen LogP contribution is -2.26. The van der Waals surface area contributed by atoms with Crippen molar-refractivity contribution in [2.45, 2.75) is 59.8 Å². The molecule has 0 amide bonds. The van der Waals surface area contributed by atoms with Crippen molar-refractivity contribution in [2.24, 2.45) is 0 Å². The van der Waals surface area contributed by atoms with Gasteiger partial charge in [0.1, 0.15) is 11.9 Å². The summed E-state index contributed by atoms with van der Waals surface area (Å²) in [7, 11) is 0. The quantitative estimate of drug-likeness (QED) is 0.745. The number of aliphatic hydroxyl groups is 1. The molecule has 1 aromatic rings.